The molecule has 0 aliphatic carbocycles. The van der Waals surface area contributed by atoms with E-state index in [2.05, 4.69) is 0 Å². The topological polar surface area (TPSA) is 46.5 Å². The second-order valence-corrected chi connectivity index (χ2v) is 4.22. The quantitative estimate of drug-likeness (QED) is 0.909. The van der Waals surface area contributed by atoms with Gasteiger partial charge in [-0.25, -0.2) is 9.18 Å². The Morgan fingerprint density at radius 3 is 2.42 bits per heavy atom. The lowest BCUT2D eigenvalue weighted by Gasteiger charge is -2.12. The van der Waals surface area contributed by atoms with Crippen LogP contribution < -0.4 is 4.74 Å². The molecule has 0 aliphatic rings. The van der Waals surface area contributed by atoms with Gasteiger partial charge in [0.1, 0.15) is 22.9 Å². The predicted molar refractivity (Wildman–Crippen MR) is 69.3 cm³/mol. The Labute approximate surface area is 110 Å². The summed E-state index contributed by atoms with van der Waals surface area (Å²) in [5.74, 6) is -1.64. The molecule has 98 valence electrons. The van der Waals surface area contributed by atoms with Crippen LogP contribution in [-0.4, -0.2) is 11.1 Å². The SMILES string of the molecule is Cc1cccc(Oc2cccc(F)c2C(=O)O)c1C. The van der Waals surface area contributed by atoms with E-state index in [1.165, 1.54) is 12.1 Å². The minimum atomic E-state index is -1.35. The van der Waals surface area contributed by atoms with Gasteiger partial charge in [-0.3, -0.25) is 0 Å². The third-order valence-electron chi connectivity index (χ3n) is 2.96. The van der Waals surface area contributed by atoms with E-state index in [1.54, 1.807) is 12.1 Å². The van der Waals surface area contributed by atoms with E-state index in [0.717, 1.165) is 17.2 Å². The van der Waals surface area contributed by atoms with Crippen molar-refractivity contribution in [1.29, 1.82) is 0 Å². The van der Waals surface area contributed by atoms with Crippen LogP contribution >= 0.6 is 0 Å². The summed E-state index contributed by atoms with van der Waals surface area (Å²) in [7, 11) is 0. The average molecular weight is 260 g/mol. The molecule has 2 rings (SSSR count). The van der Waals surface area contributed by atoms with Crippen LogP contribution in [0.5, 0.6) is 11.5 Å². The monoisotopic (exact) mass is 260 g/mol. The fourth-order valence-corrected chi connectivity index (χ4v) is 1.75. The van der Waals surface area contributed by atoms with Gasteiger partial charge in [0, 0.05) is 0 Å². The molecule has 0 heterocycles. The summed E-state index contributed by atoms with van der Waals surface area (Å²) < 4.78 is 19.1. The fourth-order valence-electron chi connectivity index (χ4n) is 1.75. The summed E-state index contributed by atoms with van der Waals surface area (Å²) in [5.41, 5.74) is 1.46. The number of carbonyl (C=O) groups is 1. The van der Waals surface area contributed by atoms with Crippen LogP contribution in [0.1, 0.15) is 21.5 Å². The smallest absolute Gasteiger partial charge is 0.342 e. The van der Waals surface area contributed by atoms with Crippen molar-refractivity contribution in [3.05, 3.63) is 58.9 Å². The summed E-state index contributed by atoms with van der Waals surface area (Å²) in [4.78, 5) is 11.1. The van der Waals surface area contributed by atoms with E-state index < -0.39 is 17.3 Å². The van der Waals surface area contributed by atoms with Crippen molar-refractivity contribution >= 4 is 5.97 Å². The summed E-state index contributed by atoms with van der Waals surface area (Å²) in [6, 6.07) is 9.40. The Morgan fingerprint density at radius 2 is 1.74 bits per heavy atom. The third kappa shape index (κ3) is 2.57. The minimum Gasteiger partial charge on any atom is -0.477 e. The highest BCUT2D eigenvalue weighted by molar-refractivity contribution is 5.91. The lowest BCUT2D eigenvalue weighted by atomic mass is 10.1. The van der Waals surface area contributed by atoms with Gasteiger partial charge in [-0.05, 0) is 43.2 Å². The van der Waals surface area contributed by atoms with Crippen molar-refractivity contribution < 1.29 is 19.0 Å². The number of aryl methyl sites for hydroxylation is 1. The van der Waals surface area contributed by atoms with Gasteiger partial charge in [-0.1, -0.05) is 18.2 Å². The number of rotatable bonds is 3. The van der Waals surface area contributed by atoms with Gasteiger partial charge in [0.05, 0.1) is 0 Å². The highest BCUT2D eigenvalue weighted by atomic mass is 19.1. The minimum absolute atomic E-state index is 0.00111. The average Bonchev–Trinajstić information content (AvgIpc) is 2.34. The molecule has 3 nitrogen and oxygen atoms in total. The van der Waals surface area contributed by atoms with E-state index in [-0.39, 0.29) is 5.75 Å². The molecule has 0 fully saturated rings. The molecule has 0 bridgehead atoms. The van der Waals surface area contributed by atoms with Gasteiger partial charge in [-0.2, -0.15) is 0 Å². The molecule has 0 aromatic heterocycles. The molecule has 4 heteroatoms. The van der Waals surface area contributed by atoms with E-state index in [4.69, 9.17) is 9.84 Å². The molecular weight excluding hydrogens is 247 g/mol. The van der Waals surface area contributed by atoms with Crippen LogP contribution in [-0.2, 0) is 0 Å². The van der Waals surface area contributed by atoms with Gasteiger partial charge in [0.2, 0.25) is 0 Å². The highest BCUT2D eigenvalue weighted by Crippen LogP contribution is 2.30. The maximum Gasteiger partial charge on any atom is 0.342 e. The molecule has 0 saturated carbocycles. The second-order valence-electron chi connectivity index (χ2n) is 4.22. The number of carboxylic acids is 1. The maximum absolute atomic E-state index is 13.5. The molecule has 0 radical (unpaired) electrons. The number of aromatic carboxylic acids is 1. The summed E-state index contributed by atoms with van der Waals surface area (Å²) in [6.45, 7) is 3.79. The zero-order valence-electron chi connectivity index (χ0n) is 10.6. The van der Waals surface area contributed by atoms with E-state index in [1.807, 2.05) is 19.9 Å². The van der Waals surface area contributed by atoms with Crippen LogP contribution in [0.3, 0.4) is 0 Å². The van der Waals surface area contributed by atoms with E-state index in [0.29, 0.717) is 5.75 Å². The Morgan fingerprint density at radius 1 is 1.11 bits per heavy atom. The van der Waals surface area contributed by atoms with Gasteiger partial charge in [0.15, 0.2) is 0 Å². The van der Waals surface area contributed by atoms with Crippen LogP contribution in [0, 0.1) is 19.7 Å². The van der Waals surface area contributed by atoms with Gasteiger partial charge < -0.3 is 9.84 Å². The number of benzene rings is 2. The van der Waals surface area contributed by atoms with Crippen molar-refractivity contribution in [3.63, 3.8) is 0 Å². The molecule has 2 aromatic carbocycles. The third-order valence-corrected chi connectivity index (χ3v) is 2.96. The second kappa shape index (κ2) is 5.10. The number of hydrogen-bond acceptors (Lipinski definition) is 2. The van der Waals surface area contributed by atoms with Crippen molar-refractivity contribution in [3.8, 4) is 11.5 Å². The van der Waals surface area contributed by atoms with E-state index in [9.17, 15) is 9.18 Å². The molecular formula is C15H13FO3. The molecule has 1 N–H and O–H groups in total. The first kappa shape index (κ1) is 13.1. The molecule has 2 aromatic rings. The normalized spacial score (nSPS) is 10.3. The first-order chi connectivity index (χ1) is 9.00. The Kier molecular flexibility index (Phi) is 3.51. The number of hydrogen-bond donors (Lipinski definition) is 1. The molecule has 0 saturated heterocycles. The number of ether oxygens (including phenoxy) is 1. The highest BCUT2D eigenvalue weighted by Gasteiger charge is 2.18. The van der Waals surface area contributed by atoms with E-state index >= 15 is 0 Å². The predicted octanol–water partition coefficient (Wildman–Crippen LogP) is 3.93. The lowest BCUT2D eigenvalue weighted by molar-refractivity contribution is 0.0689. The molecule has 19 heavy (non-hydrogen) atoms. The van der Waals surface area contributed by atoms with Crippen LogP contribution in [0.2, 0.25) is 0 Å². The maximum atomic E-state index is 13.5. The van der Waals surface area contributed by atoms with Crippen LogP contribution in [0.25, 0.3) is 0 Å². The fraction of sp³-hybridized carbons (Fsp3) is 0.133. The molecule has 0 amide bonds. The van der Waals surface area contributed by atoms with Crippen molar-refractivity contribution in [2.24, 2.45) is 0 Å². The molecule has 0 aliphatic heterocycles. The number of halogens is 1. The standard InChI is InChI=1S/C15H13FO3/c1-9-5-3-7-12(10(9)2)19-13-8-4-6-11(16)14(13)15(17)18/h3-8H,1-2H3,(H,17,18). The Bertz CT molecular complexity index is 635. The number of carboxylic acid groups (broad SMARTS) is 1. The van der Waals surface area contributed by atoms with Crippen molar-refractivity contribution in [2.45, 2.75) is 13.8 Å². The summed E-state index contributed by atoms with van der Waals surface area (Å²) in [6.07, 6.45) is 0. The first-order valence-electron chi connectivity index (χ1n) is 5.76. The van der Waals surface area contributed by atoms with Gasteiger partial charge >= 0.3 is 5.97 Å². The lowest BCUT2D eigenvalue weighted by Crippen LogP contribution is -2.04. The van der Waals surface area contributed by atoms with Crippen LogP contribution in [0.15, 0.2) is 36.4 Å². The summed E-state index contributed by atoms with van der Waals surface area (Å²) in [5, 5.41) is 9.03. The zero-order chi connectivity index (χ0) is 14.0. The Balaban J connectivity index is 2.47. The summed E-state index contributed by atoms with van der Waals surface area (Å²) >= 11 is 0. The molecule has 0 spiro atoms. The molecule has 0 unspecified atom stereocenters. The van der Waals surface area contributed by atoms with Crippen molar-refractivity contribution in [2.75, 3.05) is 0 Å². The molecule has 0 atom stereocenters. The largest absolute Gasteiger partial charge is 0.477 e. The zero-order valence-corrected chi connectivity index (χ0v) is 10.6. The van der Waals surface area contributed by atoms with Gasteiger partial charge in [-0.15, -0.1) is 0 Å². The van der Waals surface area contributed by atoms with Crippen LogP contribution in [0.4, 0.5) is 4.39 Å². The first-order valence-corrected chi connectivity index (χ1v) is 5.76. The van der Waals surface area contributed by atoms with Gasteiger partial charge in [0.25, 0.3) is 0 Å². The Hall–Kier alpha value is -2.36. The van der Waals surface area contributed by atoms with Crippen molar-refractivity contribution in [1.82, 2.24) is 0 Å².